The molecule has 0 spiro atoms. The van der Waals surface area contributed by atoms with Crippen LogP contribution in [-0.2, 0) is 9.57 Å². The molecule has 4 N–H and O–H groups in total. The number of hydrogen-bond acceptors (Lipinski definition) is 6. The van der Waals surface area contributed by atoms with Crippen molar-refractivity contribution in [1.29, 1.82) is 0 Å². The summed E-state index contributed by atoms with van der Waals surface area (Å²) in [6, 6.07) is 2.21. The number of aliphatic hydroxyl groups is 1. The Bertz CT molecular complexity index is 969. The van der Waals surface area contributed by atoms with Crippen LogP contribution in [0.3, 0.4) is 0 Å². The van der Waals surface area contributed by atoms with Gasteiger partial charge in [0.25, 0.3) is 5.91 Å². The molecule has 3 heterocycles. The molecule has 31 heavy (non-hydrogen) atoms. The van der Waals surface area contributed by atoms with Gasteiger partial charge < -0.3 is 20.1 Å². The van der Waals surface area contributed by atoms with E-state index in [1.807, 2.05) is 12.3 Å². The molecule has 1 amide bonds. The highest BCUT2D eigenvalue weighted by Gasteiger charge is 2.54. The average molecular weight is 427 g/mol. The van der Waals surface area contributed by atoms with E-state index in [4.69, 9.17) is 9.57 Å². The number of pyridine rings is 1. The molecule has 0 aromatic carbocycles. The highest BCUT2D eigenvalue weighted by atomic mass is 16.8. The molecule has 2 aromatic rings. The van der Waals surface area contributed by atoms with E-state index in [9.17, 15) is 9.90 Å². The Balaban J connectivity index is 1.26. The summed E-state index contributed by atoms with van der Waals surface area (Å²) in [4.78, 5) is 26.2. The first-order valence-corrected chi connectivity index (χ1v) is 11.6. The number of H-pyrrole nitrogens is 1. The number of amides is 1. The number of aromatic amines is 1. The van der Waals surface area contributed by atoms with Crippen LogP contribution in [-0.4, -0.2) is 45.5 Å². The summed E-state index contributed by atoms with van der Waals surface area (Å²) in [6.45, 7) is 0.655. The third-order valence-corrected chi connectivity index (χ3v) is 7.80. The monoisotopic (exact) mass is 426 g/mol. The fraction of sp³-hybridized carbons (Fsp3) is 0.652. The normalized spacial score (nSPS) is 36.6. The summed E-state index contributed by atoms with van der Waals surface area (Å²) >= 11 is 0. The van der Waals surface area contributed by atoms with Crippen LogP contribution in [0, 0.1) is 17.8 Å². The predicted octanol–water partition coefficient (Wildman–Crippen LogP) is 3.10. The lowest BCUT2D eigenvalue weighted by Gasteiger charge is -2.58. The zero-order valence-electron chi connectivity index (χ0n) is 17.6. The van der Waals surface area contributed by atoms with Gasteiger partial charge >= 0.3 is 0 Å². The highest BCUT2D eigenvalue weighted by molar-refractivity contribution is 6.06. The van der Waals surface area contributed by atoms with Gasteiger partial charge in [0.2, 0.25) is 0 Å². The Hall–Kier alpha value is -2.16. The second-order valence-electron chi connectivity index (χ2n) is 10.00. The summed E-state index contributed by atoms with van der Waals surface area (Å²) in [5, 5.41) is 15.6. The lowest BCUT2D eigenvalue weighted by atomic mass is 9.52. The topological polar surface area (TPSA) is 109 Å². The first kappa shape index (κ1) is 19.5. The number of carbonyl (C=O) groups excluding carboxylic acids is 1. The summed E-state index contributed by atoms with van der Waals surface area (Å²) in [5.41, 5.74) is 4.11. The second kappa shape index (κ2) is 7.46. The predicted molar refractivity (Wildman–Crippen MR) is 114 cm³/mol. The Morgan fingerprint density at radius 2 is 2.10 bits per heavy atom. The minimum atomic E-state index is -0.482. The van der Waals surface area contributed by atoms with Gasteiger partial charge in [-0.05, 0) is 68.8 Å². The second-order valence-corrected chi connectivity index (χ2v) is 10.00. The molecule has 3 unspecified atom stereocenters. The van der Waals surface area contributed by atoms with E-state index in [0.717, 1.165) is 68.1 Å². The van der Waals surface area contributed by atoms with Crippen molar-refractivity contribution in [2.45, 2.75) is 69.3 Å². The smallest absolute Gasteiger partial charge is 0.278 e. The molecule has 166 valence electrons. The van der Waals surface area contributed by atoms with E-state index in [-0.39, 0.29) is 11.9 Å². The quantitative estimate of drug-likeness (QED) is 0.547. The van der Waals surface area contributed by atoms with E-state index in [2.05, 4.69) is 20.8 Å². The molecule has 0 radical (unpaired) electrons. The maximum atomic E-state index is 13.1. The van der Waals surface area contributed by atoms with Gasteiger partial charge in [-0.15, -0.1) is 0 Å². The fourth-order valence-electron chi connectivity index (χ4n) is 6.70. The van der Waals surface area contributed by atoms with Crippen molar-refractivity contribution in [2.24, 2.45) is 17.8 Å². The largest absolute Gasteiger partial charge is 0.390 e. The maximum Gasteiger partial charge on any atom is 0.278 e. The van der Waals surface area contributed by atoms with E-state index in [1.54, 1.807) is 6.20 Å². The number of rotatable bonds is 5. The number of nitrogens with one attached hydrogen (secondary N) is 3. The van der Waals surface area contributed by atoms with Crippen molar-refractivity contribution < 1.29 is 19.5 Å². The average Bonchev–Trinajstić information content (AvgIpc) is 3.23. The third-order valence-electron chi connectivity index (χ3n) is 7.80. The van der Waals surface area contributed by atoms with E-state index < -0.39 is 11.9 Å². The van der Waals surface area contributed by atoms with Crippen LogP contribution in [0.2, 0.25) is 0 Å². The van der Waals surface area contributed by atoms with Crippen LogP contribution < -0.4 is 10.8 Å². The van der Waals surface area contributed by atoms with Gasteiger partial charge in [-0.1, -0.05) is 0 Å². The first-order chi connectivity index (χ1) is 15.1. The molecule has 4 saturated carbocycles. The van der Waals surface area contributed by atoms with Gasteiger partial charge in [0.05, 0.1) is 16.9 Å². The van der Waals surface area contributed by atoms with Gasteiger partial charge in [-0.25, -0.2) is 15.3 Å². The molecule has 5 aliphatic rings. The van der Waals surface area contributed by atoms with Crippen molar-refractivity contribution in [3.8, 4) is 0 Å². The van der Waals surface area contributed by atoms with Crippen LogP contribution in [0.4, 0.5) is 5.69 Å². The molecule has 4 bridgehead atoms. The Labute approximate surface area is 181 Å². The van der Waals surface area contributed by atoms with Crippen LogP contribution in [0.25, 0.3) is 11.0 Å². The standard InChI is InChI=1S/C23H30N4O4/c28-22(27-31-18-3-1-2-6-30-18)17-12-25-21-16(4-5-24-21)20(17)26-19-14-7-13-8-15(19)11-23(29,9-13)10-14/h4-5,12-15,18-19,29H,1-3,6-11H2,(H,27,28)(H2,24,25,26)/t13?,14?,15?,18?,19-,23+. The van der Waals surface area contributed by atoms with E-state index >= 15 is 0 Å². The summed E-state index contributed by atoms with van der Waals surface area (Å²) in [5.74, 6) is 1.18. The minimum absolute atomic E-state index is 0.256. The molecular weight excluding hydrogens is 396 g/mol. The van der Waals surface area contributed by atoms with Crippen molar-refractivity contribution >= 4 is 22.6 Å². The third kappa shape index (κ3) is 3.50. The van der Waals surface area contributed by atoms with E-state index in [0.29, 0.717) is 29.9 Å². The van der Waals surface area contributed by atoms with Crippen LogP contribution in [0.5, 0.6) is 0 Å². The van der Waals surface area contributed by atoms with Crippen molar-refractivity contribution in [2.75, 3.05) is 11.9 Å². The van der Waals surface area contributed by atoms with Gasteiger partial charge in [0.1, 0.15) is 5.65 Å². The fourth-order valence-corrected chi connectivity index (χ4v) is 6.70. The number of carbonyl (C=O) groups is 1. The molecular formula is C23H30N4O4. The molecule has 1 saturated heterocycles. The molecule has 3 atom stereocenters. The van der Waals surface area contributed by atoms with Gasteiger partial charge in [0, 0.05) is 36.8 Å². The SMILES string of the molecule is O=C(NOC1CCCCO1)c1cnc2[nH]ccc2c1N[C@H]1C2CC3CC1C[C@@](O)(C3)C2. The lowest BCUT2D eigenvalue weighted by molar-refractivity contribution is -0.186. The highest BCUT2D eigenvalue weighted by Crippen LogP contribution is 2.56. The number of fused-ring (bicyclic) bond motifs is 1. The van der Waals surface area contributed by atoms with Crippen LogP contribution in [0.1, 0.15) is 61.7 Å². The molecule has 2 aromatic heterocycles. The zero-order chi connectivity index (χ0) is 21.0. The molecule has 8 nitrogen and oxygen atoms in total. The van der Waals surface area contributed by atoms with Gasteiger partial charge in [0.15, 0.2) is 6.29 Å². The molecule has 1 aliphatic heterocycles. The molecule has 8 heteroatoms. The number of anilines is 1. The number of nitrogens with zero attached hydrogens (tertiary/aromatic N) is 1. The van der Waals surface area contributed by atoms with Crippen LogP contribution >= 0.6 is 0 Å². The Morgan fingerprint density at radius 1 is 1.26 bits per heavy atom. The van der Waals surface area contributed by atoms with Crippen molar-refractivity contribution in [3.05, 3.63) is 24.0 Å². The summed E-state index contributed by atoms with van der Waals surface area (Å²) in [7, 11) is 0. The number of hydroxylamine groups is 1. The van der Waals surface area contributed by atoms with Crippen molar-refractivity contribution in [3.63, 3.8) is 0 Å². The van der Waals surface area contributed by atoms with Gasteiger partial charge in [-0.2, -0.15) is 0 Å². The molecule has 5 fully saturated rings. The van der Waals surface area contributed by atoms with Crippen molar-refractivity contribution in [1.82, 2.24) is 15.4 Å². The van der Waals surface area contributed by atoms with Gasteiger partial charge in [-0.3, -0.25) is 4.79 Å². The summed E-state index contributed by atoms with van der Waals surface area (Å²) < 4.78 is 5.55. The number of hydrogen-bond donors (Lipinski definition) is 4. The van der Waals surface area contributed by atoms with Crippen LogP contribution in [0.15, 0.2) is 18.5 Å². The zero-order valence-corrected chi connectivity index (χ0v) is 17.6. The maximum absolute atomic E-state index is 13.1. The number of aromatic nitrogens is 2. The Morgan fingerprint density at radius 3 is 2.84 bits per heavy atom. The van der Waals surface area contributed by atoms with E-state index in [1.165, 1.54) is 0 Å². The first-order valence-electron chi connectivity index (χ1n) is 11.6. The minimum Gasteiger partial charge on any atom is -0.390 e. The molecule has 7 rings (SSSR count). The molecule has 4 aliphatic carbocycles. The summed E-state index contributed by atoms with van der Waals surface area (Å²) in [6.07, 6.45) is 10.8. The Kier molecular flexibility index (Phi) is 4.70. The number of ether oxygens (including phenoxy) is 1. The lowest BCUT2D eigenvalue weighted by Crippen LogP contribution is -2.59.